The Kier molecular flexibility index (Phi) is 3.86. The smallest absolute Gasteiger partial charge is 0.0384 e. The van der Waals surface area contributed by atoms with Gasteiger partial charge in [0.25, 0.3) is 0 Å². The molecule has 0 spiro atoms. The first-order valence-electron chi connectivity index (χ1n) is 5.61. The van der Waals surface area contributed by atoms with Crippen molar-refractivity contribution >= 4 is 0 Å². The Morgan fingerprint density at radius 2 is 2.00 bits per heavy atom. The molecular formula is C13H22N2. The lowest BCUT2D eigenvalue weighted by Crippen LogP contribution is -2.32. The molecule has 1 heterocycles. The lowest BCUT2D eigenvalue weighted by atomic mass is 9.83. The molecule has 0 aliphatic rings. The van der Waals surface area contributed by atoms with Crippen molar-refractivity contribution in [3.8, 4) is 0 Å². The van der Waals surface area contributed by atoms with Crippen molar-refractivity contribution in [1.29, 1.82) is 0 Å². The van der Waals surface area contributed by atoms with Crippen LogP contribution in [0.3, 0.4) is 0 Å². The van der Waals surface area contributed by atoms with Gasteiger partial charge >= 0.3 is 0 Å². The van der Waals surface area contributed by atoms with Gasteiger partial charge in [0.2, 0.25) is 0 Å². The van der Waals surface area contributed by atoms with E-state index in [9.17, 15) is 0 Å². The van der Waals surface area contributed by atoms with Crippen LogP contribution in [0.1, 0.15) is 45.0 Å². The summed E-state index contributed by atoms with van der Waals surface area (Å²) in [5, 5.41) is 3.52. The molecule has 0 aliphatic heterocycles. The van der Waals surface area contributed by atoms with E-state index in [1.54, 1.807) is 0 Å². The van der Waals surface area contributed by atoms with Gasteiger partial charge in [0.05, 0.1) is 0 Å². The maximum Gasteiger partial charge on any atom is 0.0384 e. The van der Waals surface area contributed by atoms with E-state index in [4.69, 9.17) is 0 Å². The molecule has 0 saturated carbocycles. The minimum Gasteiger partial charge on any atom is -0.310 e. The monoisotopic (exact) mass is 206 g/mol. The fraction of sp³-hybridized carbons (Fsp3) is 0.615. The van der Waals surface area contributed by atoms with Crippen LogP contribution in [0.4, 0.5) is 0 Å². The molecule has 1 atom stereocenters. The summed E-state index contributed by atoms with van der Waals surface area (Å²) in [5.41, 5.74) is 2.56. The lowest BCUT2D eigenvalue weighted by molar-refractivity contribution is 0.276. The van der Waals surface area contributed by atoms with Gasteiger partial charge in [-0.25, -0.2) is 0 Å². The van der Waals surface area contributed by atoms with Gasteiger partial charge in [0.15, 0.2) is 0 Å². The number of aromatic nitrogens is 1. The molecule has 0 radical (unpaired) electrons. The molecule has 1 aromatic rings. The third-order valence-corrected chi connectivity index (χ3v) is 2.54. The van der Waals surface area contributed by atoms with E-state index in [1.165, 1.54) is 5.56 Å². The van der Waals surface area contributed by atoms with E-state index in [2.05, 4.69) is 50.1 Å². The van der Waals surface area contributed by atoms with Crippen LogP contribution in [0.5, 0.6) is 0 Å². The Balaban J connectivity index is 2.94. The van der Waals surface area contributed by atoms with Crippen LogP contribution < -0.4 is 5.32 Å². The SMILES string of the molecule is CCNC(c1ccc(C)nc1)C(C)(C)C. The summed E-state index contributed by atoms with van der Waals surface area (Å²) in [5.74, 6) is 0. The second kappa shape index (κ2) is 4.75. The minimum atomic E-state index is 0.215. The van der Waals surface area contributed by atoms with E-state index in [0.29, 0.717) is 6.04 Å². The van der Waals surface area contributed by atoms with Crippen LogP contribution in [-0.2, 0) is 0 Å². The van der Waals surface area contributed by atoms with Crippen LogP contribution >= 0.6 is 0 Å². The fourth-order valence-corrected chi connectivity index (χ4v) is 1.78. The minimum absolute atomic E-state index is 0.215. The van der Waals surface area contributed by atoms with E-state index in [1.807, 2.05) is 13.1 Å². The van der Waals surface area contributed by atoms with Gasteiger partial charge < -0.3 is 5.32 Å². The molecule has 0 fully saturated rings. The molecule has 0 amide bonds. The Bertz CT molecular complexity index is 295. The Hall–Kier alpha value is -0.890. The quantitative estimate of drug-likeness (QED) is 0.822. The van der Waals surface area contributed by atoms with Crippen LogP contribution in [0.2, 0.25) is 0 Å². The molecule has 1 unspecified atom stereocenters. The van der Waals surface area contributed by atoms with E-state index < -0.39 is 0 Å². The topological polar surface area (TPSA) is 24.9 Å². The Morgan fingerprint density at radius 1 is 1.33 bits per heavy atom. The summed E-state index contributed by atoms with van der Waals surface area (Å²) in [4.78, 5) is 4.36. The van der Waals surface area contributed by atoms with Crippen LogP contribution in [0.15, 0.2) is 18.3 Å². The molecule has 1 N–H and O–H groups in total. The average Bonchev–Trinajstić information content (AvgIpc) is 2.14. The molecule has 15 heavy (non-hydrogen) atoms. The third kappa shape index (κ3) is 3.31. The van der Waals surface area contributed by atoms with Gasteiger partial charge in [-0.3, -0.25) is 4.98 Å². The molecule has 1 rings (SSSR count). The molecule has 84 valence electrons. The van der Waals surface area contributed by atoms with Gasteiger partial charge in [-0.1, -0.05) is 33.8 Å². The predicted molar refractivity (Wildman–Crippen MR) is 64.8 cm³/mol. The fourth-order valence-electron chi connectivity index (χ4n) is 1.78. The zero-order valence-electron chi connectivity index (χ0n) is 10.5. The summed E-state index contributed by atoms with van der Waals surface area (Å²) >= 11 is 0. The van der Waals surface area contributed by atoms with Crippen molar-refractivity contribution < 1.29 is 0 Å². The maximum atomic E-state index is 4.36. The highest BCUT2D eigenvalue weighted by Gasteiger charge is 2.25. The number of hydrogen-bond donors (Lipinski definition) is 1. The maximum absolute atomic E-state index is 4.36. The van der Waals surface area contributed by atoms with E-state index in [0.717, 1.165) is 12.2 Å². The predicted octanol–water partition coefficient (Wildman–Crippen LogP) is 3.09. The molecular weight excluding hydrogens is 184 g/mol. The van der Waals surface area contributed by atoms with Gasteiger partial charge in [-0.05, 0) is 30.5 Å². The third-order valence-electron chi connectivity index (χ3n) is 2.54. The summed E-state index contributed by atoms with van der Waals surface area (Å²) in [6.07, 6.45) is 1.98. The van der Waals surface area contributed by atoms with Crippen molar-refractivity contribution in [2.45, 2.75) is 40.7 Å². The number of rotatable bonds is 3. The molecule has 0 aromatic carbocycles. The number of aryl methyl sites for hydroxylation is 1. The highest BCUT2D eigenvalue weighted by Crippen LogP contribution is 2.32. The summed E-state index contributed by atoms with van der Waals surface area (Å²) in [6.45, 7) is 11.9. The van der Waals surface area contributed by atoms with Gasteiger partial charge in [-0.15, -0.1) is 0 Å². The molecule has 2 heteroatoms. The Morgan fingerprint density at radius 3 is 2.40 bits per heavy atom. The zero-order valence-corrected chi connectivity index (χ0v) is 10.5. The number of nitrogens with one attached hydrogen (secondary N) is 1. The van der Waals surface area contributed by atoms with Gasteiger partial charge in [0.1, 0.15) is 0 Å². The van der Waals surface area contributed by atoms with Crippen molar-refractivity contribution in [3.63, 3.8) is 0 Å². The first-order chi connectivity index (χ1) is 6.95. The summed E-state index contributed by atoms with van der Waals surface area (Å²) < 4.78 is 0. The molecule has 2 nitrogen and oxygen atoms in total. The lowest BCUT2D eigenvalue weighted by Gasteiger charge is -2.31. The molecule has 0 aliphatic carbocycles. The first-order valence-corrected chi connectivity index (χ1v) is 5.61. The van der Waals surface area contributed by atoms with Gasteiger partial charge in [0, 0.05) is 17.9 Å². The summed E-state index contributed by atoms with van der Waals surface area (Å²) in [6, 6.07) is 4.61. The second-order valence-electron chi connectivity index (χ2n) is 5.09. The first kappa shape index (κ1) is 12.2. The van der Waals surface area contributed by atoms with E-state index in [-0.39, 0.29) is 5.41 Å². The van der Waals surface area contributed by atoms with Crippen molar-refractivity contribution in [1.82, 2.24) is 10.3 Å². The molecule has 0 saturated heterocycles. The van der Waals surface area contributed by atoms with E-state index >= 15 is 0 Å². The van der Waals surface area contributed by atoms with Crippen LogP contribution in [0.25, 0.3) is 0 Å². The standard InChI is InChI=1S/C13H22N2/c1-6-14-12(13(3,4)5)11-8-7-10(2)15-9-11/h7-9,12,14H,6H2,1-5H3. The Labute approximate surface area is 93.1 Å². The summed E-state index contributed by atoms with van der Waals surface area (Å²) in [7, 11) is 0. The van der Waals surface area contributed by atoms with Crippen molar-refractivity contribution in [2.24, 2.45) is 5.41 Å². The van der Waals surface area contributed by atoms with Crippen molar-refractivity contribution in [3.05, 3.63) is 29.6 Å². The van der Waals surface area contributed by atoms with Gasteiger partial charge in [-0.2, -0.15) is 0 Å². The second-order valence-corrected chi connectivity index (χ2v) is 5.09. The molecule has 1 aromatic heterocycles. The number of hydrogen-bond acceptors (Lipinski definition) is 2. The highest BCUT2D eigenvalue weighted by molar-refractivity contribution is 5.19. The number of nitrogens with zero attached hydrogens (tertiary/aromatic N) is 1. The highest BCUT2D eigenvalue weighted by atomic mass is 14.9. The largest absolute Gasteiger partial charge is 0.310 e. The zero-order chi connectivity index (χ0) is 11.5. The normalized spacial score (nSPS) is 13.9. The average molecular weight is 206 g/mol. The van der Waals surface area contributed by atoms with Crippen LogP contribution in [-0.4, -0.2) is 11.5 Å². The molecule has 0 bridgehead atoms. The van der Waals surface area contributed by atoms with Crippen molar-refractivity contribution in [2.75, 3.05) is 6.54 Å². The number of pyridine rings is 1. The van der Waals surface area contributed by atoms with Crippen LogP contribution in [0, 0.1) is 12.3 Å².